The van der Waals surface area contributed by atoms with Crippen molar-refractivity contribution < 1.29 is 0 Å². The van der Waals surface area contributed by atoms with Crippen LogP contribution in [-0.2, 0) is 0 Å². The molecule has 4 heteroatoms. The fraction of sp³-hybridized carbons (Fsp3) is 0. The number of thiophene rings is 1. The molecule has 1 aliphatic heterocycles. The van der Waals surface area contributed by atoms with E-state index in [-0.39, 0.29) is 0 Å². The molecule has 0 N–H and O–H groups in total. The molecule has 1 aliphatic rings. The average Bonchev–Trinajstić information content (AvgIpc) is 3.59. The second-order valence-electron chi connectivity index (χ2n) is 10.1. The minimum atomic E-state index is 1.00. The summed E-state index contributed by atoms with van der Waals surface area (Å²) in [6.07, 6.45) is 1.91. The van der Waals surface area contributed by atoms with Gasteiger partial charge < -0.3 is 4.90 Å². The van der Waals surface area contributed by atoms with E-state index in [4.69, 9.17) is 4.98 Å². The molecule has 0 atom stereocenters. The van der Waals surface area contributed by atoms with Crippen LogP contribution in [0.15, 0.2) is 155 Å². The van der Waals surface area contributed by atoms with Gasteiger partial charge in [0, 0.05) is 37.5 Å². The van der Waals surface area contributed by atoms with Gasteiger partial charge in [-0.25, -0.2) is 0 Å². The van der Waals surface area contributed by atoms with Crippen molar-refractivity contribution >= 4 is 50.9 Å². The van der Waals surface area contributed by atoms with Crippen LogP contribution in [0.5, 0.6) is 0 Å². The molecule has 0 saturated heterocycles. The topological polar surface area (TPSA) is 16.1 Å². The number of aromatic nitrogens is 1. The van der Waals surface area contributed by atoms with Gasteiger partial charge in [-0.3, -0.25) is 4.98 Å². The predicted octanol–water partition coefficient (Wildman–Crippen LogP) is 11.2. The molecule has 0 saturated carbocycles. The van der Waals surface area contributed by atoms with E-state index in [0.29, 0.717) is 0 Å². The van der Waals surface area contributed by atoms with Crippen LogP contribution >= 0.6 is 23.1 Å². The fourth-order valence-corrected chi connectivity index (χ4v) is 7.44. The zero-order chi connectivity index (χ0) is 27.2. The first kappa shape index (κ1) is 24.2. The van der Waals surface area contributed by atoms with Gasteiger partial charge in [-0.15, -0.1) is 11.3 Å². The molecule has 3 heterocycles. The summed E-state index contributed by atoms with van der Waals surface area (Å²) in [4.78, 5) is 11.0. The summed E-state index contributed by atoms with van der Waals surface area (Å²) in [5, 5.41) is 4.50. The molecule has 5 aromatic carbocycles. The Balaban J connectivity index is 1.31. The van der Waals surface area contributed by atoms with E-state index in [1.54, 1.807) is 11.3 Å². The van der Waals surface area contributed by atoms with Crippen LogP contribution in [0.2, 0.25) is 0 Å². The second-order valence-corrected chi connectivity index (χ2v) is 12.1. The third-order valence-electron chi connectivity index (χ3n) is 7.58. The van der Waals surface area contributed by atoms with Crippen LogP contribution in [0.1, 0.15) is 0 Å². The summed E-state index contributed by atoms with van der Waals surface area (Å²) in [5.74, 6) is 0. The van der Waals surface area contributed by atoms with Crippen molar-refractivity contribution in [3.05, 3.63) is 145 Å². The molecule has 0 aliphatic carbocycles. The van der Waals surface area contributed by atoms with E-state index < -0.39 is 0 Å². The zero-order valence-corrected chi connectivity index (χ0v) is 23.7. The largest absolute Gasteiger partial charge is 0.308 e. The molecule has 0 radical (unpaired) electrons. The lowest BCUT2D eigenvalue weighted by Gasteiger charge is -2.34. The molecule has 0 spiro atoms. The minimum absolute atomic E-state index is 1.00. The lowest BCUT2D eigenvalue weighted by atomic mass is 10.0. The third-order valence-corrected chi connectivity index (χ3v) is 9.62. The third kappa shape index (κ3) is 4.33. The van der Waals surface area contributed by atoms with Gasteiger partial charge in [0.2, 0.25) is 0 Å². The monoisotopic (exact) mass is 560 g/mol. The van der Waals surface area contributed by atoms with Gasteiger partial charge in [0.05, 0.1) is 17.1 Å². The molecule has 0 amide bonds. The highest BCUT2D eigenvalue weighted by molar-refractivity contribution is 7.99. The van der Waals surface area contributed by atoms with Gasteiger partial charge in [0.15, 0.2) is 0 Å². The van der Waals surface area contributed by atoms with Crippen molar-refractivity contribution in [2.24, 2.45) is 0 Å². The number of rotatable bonds is 4. The van der Waals surface area contributed by atoms with Crippen LogP contribution in [-0.4, -0.2) is 4.98 Å². The lowest BCUT2D eigenvalue weighted by Crippen LogP contribution is -2.15. The van der Waals surface area contributed by atoms with Crippen molar-refractivity contribution in [1.29, 1.82) is 0 Å². The highest BCUT2D eigenvalue weighted by Gasteiger charge is 2.26. The van der Waals surface area contributed by atoms with Gasteiger partial charge in [-0.05, 0) is 76.0 Å². The van der Waals surface area contributed by atoms with Crippen molar-refractivity contribution in [3.63, 3.8) is 0 Å². The first-order chi connectivity index (χ1) is 20.3. The SMILES string of the molecule is c1ccc(-c2ccc3c(c2)Sc2ccc(-c4cccs4)cc2N3c2cccc(-c3nccc4ccccc34)c2)cc1. The van der Waals surface area contributed by atoms with E-state index in [0.717, 1.165) is 22.3 Å². The van der Waals surface area contributed by atoms with Crippen molar-refractivity contribution in [2.45, 2.75) is 9.79 Å². The highest BCUT2D eigenvalue weighted by Crippen LogP contribution is 2.53. The molecule has 194 valence electrons. The average molecular weight is 561 g/mol. The Hall–Kier alpha value is -4.64. The van der Waals surface area contributed by atoms with E-state index in [2.05, 4.69) is 144 Å². The molecule has 0 unspecified atom stereocenters. The summed E-state index contributed by atoms with van der Waals surface area (Å²) >= 11 is 3.62. The van der Waals surface area contributed by atoms with Gasteiger partial charge in [-0.2, -0.15) is 0 Å². The summed E-state index contributed by atoms with van der Waals surface area (Å²) in [5.41, 5.74) is 9.31. The molecule has 0 fully saturated rings. The lowest BCUT2D eigenvalue weighted by molar-refractivity contribution is 1.17. The number of hydrogen-bond acceptors (Lipinski definition) is 4. The summed E-state index contributed by atoms with van der Waals surface area (Å²) < 4.78 is 0. The number of fused-ring (bicyclic) bond motifs is 3. The molecule has 2 aromatic heterocycles. The number of nitrogens with zero attached hydrogens (tertiary/aromatic N) is 2. The van der Waals surface area contributed by atoms with Gasteiger partial charge >= 0.3 is 0 Å². The standard InChI is InChI=1S/C37H24N2S2/c1-2-8-25(9-3-1)27-15-17-32-36(24-27)41-35-18-16-28(34-14-7-21-40-34)23-33(35)39(32)30-12-6-11-29(22-30)37-31-13-5-4-10-26(31)19-20-38-37/h1-24H. The van der Waals surface area contributed by atoms with Crippen LogP contribution in [0.4, 0.5) is 17.1 Å². The molecule has 2 nitrogen and oxygen atoms in total. The zero-order valence-electron chi connectivity index (χ0n) is 22.1. The molecular weight excluding hydrogens is 537 g/mol. The van der Waals surface area contributed by atoms with Gasteiger partial charge in [0.25, 0.3) is 0 Å². The maximum absolute atomic E-state index is 4.82. The molecule has 0 bridgehead atoms. The van der Waals surface area contributed by atoms with Gasteiger partial charge in [0.1, 0.15) is 0 Å². The van der Waals surface area contributed by atoms with Crippen LogP contribution < -0.4 is 4.90 Å². The predicted molar refractivity (Wildman–Crippen MR) is 175 cm³/mol. The number of benzene rings is 5. The Kier molecular flexibility index (Phi) is 5.94. The summed E-state index contributed by atoms with van der Waals surface area (Å²) in [6, 6.07) is 48.0. The van der Waals surface area contributed by atoms with Crippen molar-refractivity contribution in [1.82, 2.24) is 4.98 Å². The fourth-order valence-electron chi connectivity index (χ4n) is 5.63. The summed E-state index contributed by atoms with van der Waals surface area (Å²) in [7, 11) is 0. The van der Waals surface area contributed by atoms with E-state index in [1.807, 2.05) is 18.0 Å². The molecule has 7 aromatic rings. The van der Waals surface area contributed by atoms with Crippen molar-refractivity contribution in [3.8, 4) is 32.8 Å². The molecular formula is C37H24N2S2. The van der Waals surface area contributed by atoms with E-state index in [1.165, 1.54) is 48.1 Å². The maximum Gasteiger partial charge on any atom is 0.0781 e. The maximum atomic E-state index is 4.82. The Morgan fingerprint density at radius 2 is 1.39 bits per heavy atom. The second kappa shape index (κ2) is 10.1. The molecule has 41 heavy (non-hydrogen) atoms. The number of pyridine rings is 1. The molecule has 8 rings (SSSR count). The first-order valence-corrected chi connectivity index (χ1v) is 15.3. The van der Waals surface area contributed by atoms with Crippen LogP contribution in [0, 0.1) is 0 Å². The Labute approximate surface area is 247 Å². The van der Waals surface area contributed by atoms with Gasteiger partial charge in [-0.1, -0.05) is 96.7 Å². The highest BCUT2D eigenvalue weighted by atomic mass is 32.2. The number of hydrogen-bond donors (Lipinski definition) is 0. The quantitative estimate of drug-likeness (QED) is 0.213. The van der Waals surface area contributed by atoms with Crippen molar-refractivity contribution in [2.75, 3.05) is 4.90 Å². The Morgan fingerprint density at radius 3 is 2.29 bits per heavy atom. The smallest absolute Gasteiger partial charge is 0.0781 e. The van der Waals surface area contributed by atoms with E-state index >= 15 is 0 Å². The van der Waals surface area contributed by atoms with Crippen LogP contribution in [0.3, 0.4) is 0 Å². The minimum Gasteiger partial charge on any atom is -0.308 e. The Morgan fingerprint density at radius 1 is 0.537 bits per heavy atom. The van der Waals surface area contributed by atoms with Crippen LogP contribution in [0.25, 0.3) is 43.6 Å². The van der Waals surface area contributed by atoms with E-state index in [9.17, 15) is 0 Å². The normalized spacial score (nSPS) is 12.2. The number of anilines is 3. The Bertz CT molecular complexity index is 2030. The summed E-state index contributed by atoms with van der Waals surface area (Å²) in [6.45, 7) is 0. The first-order valence-electron chi connectivity index (χ1n) is 13.6.